The van der Waals surface area contributed by atoms with E-state index in [4.69, 9.17) is 8.85 Å². The average molecular weight is 412 g/mol. The number of likely N-dealkylation sites (tertiary alicyclic amines) is 1. The molecular weight excluding hydrogens is 370 g/mol. The van der Waals surface area contributed by atoms with E-state index >= 15 is 0 Å². The van der Waals surface area contributed by atoms with Crippen LogP contribution in [0.4, 0.5) is 0 Å². The lowest BCUT2D eigenvalue weighted by Gasteiger charge is -2.43. The van der Waals surface area contributed by atoms with Crippen LogP contribution >= 0.6 is 0 Å². The van der Waals surface area contributed by atoms with Crippen molar-refractivity contribution in [2.75, 3.05) is 13.1 Å². The predicted octanol–water partition coefficient (Wildman–Crippen LogP) is 5.01. The van der Waals surface area contributed by atoms with E-state index in [9.17, 15) is 0 Å². The van der Waals surface area contributed by atoms with E-state index in [0.717, 1.165) is 25.3 Å². The minimum atomic E-state index is -1.85. The third-order valence-electron chi connectivity index (χ3n) is 6.74. The molecule has 7 heteroatoms. The summed E-state index contributed by atoms with van der Waals surface area (Å²) in [5.74, 6) is 0. The molecule has 1 saturated heterocycles. The first kappa shape index (κ1) is 22.8. The number of hydrogen-bond acceptors (Lipinski definition) is 4. The smallest absolute Gasteiger partial charge is 0.192 e. The zero-order valence-corrected chi connectivity index (χ0v) is 21.1. The Kier molecular flexibility index (Phi) is 6.54. The highest BCUT2D eigenvalue weighted by Crippen LogP contribution is 2.41. The molecule has 0 amide bonds. The molecule has 1 aromatic rings. The van der Waals surface area contributed by atoms with Crippen molar-refractivity contribution in [2.24, 2.45) is 0 Å². The average Bonchev–Trinajstić information content (AvgIpc) is 3.07. The lowest BCUT2D eigenvalue weighted by atomic mass is 10.2. The molecule has 27 heavy (non-hydrogen) atoms. The van der Waals surface area contributed by atoms with Crippen LogP contribution in [-0.2, 0) is 15.4 Å². The predicted molar refractivity (Wildman–Crippen MR) is 118 cm³/mol. The van der Waals surface area contributed by atoms with E-state index < -0.39 is 16.6 Å². The highest BCUT2D eigenvalue weighted by atomic mass is 28.4. The fourth-order valence-electron chi connectivity index (χ4n) is 2.90. The molecule has 5 nitrogen and oxygen atoms in total. The van der Waals surface area contributed by atoms with Gasteiger partial charge in [-0.2, -0.15) is 0 Å². The highest BCUT2D eigenvalue weighted by Gasteiger charge is 2.47. The summed E-state index contributed by atoms with van der Waals surface area (Å²) < 4.78 is 13.7. The van der Waals surface area contributed by atoms with Gasteiger partial charge < -0.3 is 13.8 Å². The second-order valence-corrected chi connectivity index (χ2v) is 20.6. The molecule has 0 aromatic carbocycles. The lowest BCUT2D eigenvalue weighted by Crippen LogP contribution is -2.51. The van der Waals surface area contributed by atoms with Gasteiger partial charge in [-0.3, -0.25) is 4.90 Å². The van der Waals surface area contributed by atoms with Crippen LogP contribution < -0.4 is 0 Å². The summed E-state index contributed by atoms with van der Waals surface area (Å²) in [5.41, 5.74) is 1.15. The molecule has 156 valence electrons. The number of nitrogens with zero attached hydrogens (tertiary/aromatic N) is 2. The Morgan fingerprint density at radius 2 is 1.41 bits per heavy atom. The van der Waals surface area contributed by atoms with Crippen LogP contribution in [0.3, 0.4) is 0 Å². The molecule has 1 aromatic heterocycles. The quantitative estimate of drug-likeness (QED) is 0.669. The molecular formula is C20H41N3O2Si2. The van der Waals surface area contributed by atoms with Gasteiger partial charge >= 0.3 is 0 Å². The molecule has 0 radical (unpaired) electrons. The van der Waals surface area contributed by atoms with E-state index in [1.54, 1.807) is 6.33 Å². The van der Waals surface area contributed by atoms with Crippen LogP contribution in [0.5, 0.6) is 0 Å². The zero-order chi connectivity index (χ0) is 20.7. The van der Waals surface area contributed by atoms with Gasteiger partial charge in [-0.1, -0.05) is 41.5 Å². The van der Waals surface area contributed by atoms with Gasteiger partial charge in [0.1, 0.15) is 0 Å². The zero-order valence-electron chi connectivity index (χ0n) is 19.1. The first-order chi connectivity index (χ1) is 12.1. The number of H-pyrrole nitrogens is 1. The Bertz CT molecular complexity index is 568. The molecule has 2 rings (SSSR count). The summed E-state index contributed by atoms with van der Waals surface area (Å²) in [4.78, 5) is 9.82. The van der Waals surface area contributed by atoms with Gasteiger partial charge in [0.2, 0.25) is 0 Å². The van der Waals surface area contributed by atoms with Crippen LogP contribution in [0.2, 0.25) is 36.3 Å². The van der Waals surface area contributed by atoms with Crippen molar-refractivity contribution in [2.45, 2.75) is 96.6 Å². The van der Waals surface area contributed by atoms with Gasteiger partial charge in [-0.15, -0.1) is 0 Å². The molecule has 0 saturated carbocycles. The van der Waals surface area contributed by atoms with Crippen molar-refractivity contribution >= 4 is 16.6 Å². The number of rotatable bonds is 6. The SMILES string of the molecule is CC(C)(C)[Si](C)(C)O[C@H]1CN(Cc2cnc[nH]2)C[C@@H]1O[Si](C)(C)C(C)(C)C. The van der Waals surface area contributed by atoms with Gasteiger partial charge in [0, 0.05) is 31.5 Å². The number of hydrogen-bond donors (Lipinski definition) is 1. The van der Waals surface area contributed by atoms with E-state index in [1.807, 2.05) is 6.20 Å². The summed E-state index contributed by atoms with van der Waals surface area (Å²) >= 11 is 0. The van der Waals surface area contributed by atoms with Crippen molar-refractivity contribution in [3.8, 4) is 0 Å². The number of nitrogens with one attached hydrogen (secondary N) is 1. The van der Waals surface area contributed by atoms with Gasteiger partial charge in [-0.25, -0.2) is 4.98 Å². The number of aromatic nitrogens is 2. The second kappa shape index (κ2) is 7.74. The highest BCUT2D eigenvalue weighted by molar-refractivity contribution is 6.74. The van der Waals surface area contributed by atoms with Crippen molar-refractivity contribution in [3.63, 3.8) is 0 Å². The Hall–Kier alpha value is -0.476. The lowest BCUT2D eigenvalue weighted by molar-refractivity contribution is 0.0713. The second-order valence-electron chi connectivity index (χ2n) is 11.1. The van der Waals surface area contributed by atoms with Crippen molar-refractivity contribution in [1.29, 1.82) is 0 Å². The summed E-state index contributed by atoms with van der Waals surface area (Å²) in [6.07, 6.45) is 3.94. The van der Waals surface area contributed by atoms with Crippen LogP contribution in [0, 0.1) is 0 Å². The first-order valence-corrected chi connectivity index (χ1v) is 16.0. The minimum Gasteiger partial charge on any atom is -0.410 e. The summed E-state index contributed by atoms with van der Waals surface area (Å²) in [5, 5.41) is 0.399. The van der Waals surface area contributed by atoms with Crippen molar-refractivity contribution in [3.05, 3.63) is 18.2 Å². The van der Waals surface area contributed by atoms with E-state index in [2.05, 4.69) is 82.6 Å². The molecule has 1 aliphatic rings. The van der Waals surface area contributed by atoms with Crippen molar-refractivity contribution in [1.82, 2.24) is 14.9 Å². The molecule has 1 N–H and O–H groups in total. The Morgan fingerprint density at radius 1 is 0.963 bits per heavy atom. The van der Waals surface area contributed by atoms with Gasteiger partial charge in [-0.05, 0) is 36.3 Å². The number of imidazole rings is 1. The van der Waals surface area contributed by atoms with Crippen molar-refractivity contribution < 1.29 is 8.85 Å². The maximum atomic E-state index is 6.85. The molecule has 0 bridgehead atoms. The molecule has 2 heterocycles. The largest absolute Gasteiger partial charge is 0.410 e. The van der Waals surface area contributed by atoms with Gasteiger partial charge in [0.05, 0.1) is 18.5 Å². The fourth-order valence-corrected chi connectivity index (χ4v) is 5.57. The first-order valence-electron chi connectivity index (χ1n) is 10.2. The molecule has 0 unspecified atom stereocenters. The third-order valence-corrected chi connectivity index (χ3v) is 15.8. The van der Waals surface area contributed by atoms with Crippen LogP contribution in [0.1, 0.15) is 47.2 Å². The van der Waals surface area contributed by atoms with Crippen LogP contribution in [0.15, 0.2) is 12.5 Å². The maximum Gasteiger partial charge on any atom is 0.192 e. The number of aromatic amines is 1. The normalized spacial score (nSPS) is 23.2. The summed E-state index contributed by atoms with van der Waals surface area (Å²) in [6, 6.07) is 0. The Labute approximate surface area is 168 Å². The standard InChI is InChI=1S/C20H41N3O2Si2/c1-19(2,3)26(7,8)24-17-13-23(12-16-11-21-15-22-16)14-18(17)25-27(9,10)20(4,5)6/h11,15,17-18H,12-14H2,1-10H3,(H,21,22)/t17-,18-/m0/s1. The van der Waals surface area contributed by atoms with Gasteiger partial charge in [0.15, 0.2) is 16.6 Å². The van der Waals surface area contributed by atoms with E-state index in [-0.39, 0.29) is 22.3 Å². The van der Waals surface area contributed by atoms with Gasteiger partial charge in [0.25, 0.3) is 0 Å². The maximum absolute atomic E-state index is 6.85. The molecule has 2 atom stereocenters. The van der Waals surface area contributed by atoms with Crippen LogP contribution in [-0.4, -0.2) is 56.8 Å². The molecule has 0 spiro atoms. The monoisotopic (exact) mass is 411 g/mol. The van der Waals surface area contributed by atoms with E-state index in [0.29, 0.717) is 0 Å². The topological polar surface area (TPSA) is 50.4 Å². The van der Waals surface area contributed by atoms with E-state index in [1.165, 1.54) is 0 Å². The molecule has 0 aliphatic carbocycles. The van der Waals surface area contributed by atoms with Crippen LogP contribution in [0.25, 0.3) is 0 Å². The summed E-state index contributed by atoms with van der Waals surface area (Å²) in [7, 11) is -3.71. The molecule has 1 fully saturated rings. The molecule has 1 aliphatic heterocycles. The fraction of sp³-hybridized carbons (Fsp3) is 0.850. The minimum absolute atomic E-state index is 0.142. The Balaban J connectivity index is 2.18. The summed E-state index contributed by atoms with van der Waals surface area (Å²) in [6.45, 7) is 25.9. The third kappa shape index (κ3) is 5.53. The Morgan fingerprint density at radius 3 is 1.74 bits per heavy atom.